The zero-order valence-electron chi connectivity index (χ0n) is 12.0. The summed E-state index contributed by atoms with van der Waals surface area (Å²) in [6.45, 7) is 4.76. The van der Waals surface area contributed by atoms with Crippen LogP contribution in [0.15, 0.2) is 29.3 Å². The van der Waals surface area contributed by atoms with Gasteiger partial charge in [-0.3, -0.25) is 4.99 Å². The Morgan fingerprint density at radius 3 is 2.70 bits per heavy atom. The number of rotatable bonds is 7. The van der Waals surface area contributed by atoms with Gasteiger partial charge in [0.15, 0.2) is 5.96 Å². The highest BCUT2D eigenvalue weighted by Crippen LogP contribution is 2.03. The molecule has 4 nitrogen and oxygen atoms in total. The number of benzene rings is 1. The van der Waals surface area contributed by atoms with E-state index in [-0.39, 0.29) is 29.8 Å². The number of aliphatic imine (C=N–C) groups is 1. The molecule has 1 aromatic rings. The van der Waals surface area contributed by atoms with Crippen LogP contribution < -0.4 is 10.6 Å². The maximum absolute atomic E-state index is 13.0. The maximum atomic E-state index is 13.0. The van der Waals surface area contributed by atoms with E-state index >= 15 is 0 Å². The molecule has 0 saturated heterocycles. The smallest absolute Gasteiger partial charge is 0.191 e. The lowest BCUT2D eigenvalue weighted by Gasteiger charge is -2.11. The highest BCUT2D eigenvalue weighted by molar-refractivity contribution is 14.0. The lowest BCUT2D eigenvalue weighted by atomic mass is 10.1. The fourth-order valence-electron chi connectivity index (χ4n) is 1.62. The van der Waals surface area contributed by atoms with Gasteiger partial charge in [-0.1, -0.05) is 12.1 Å². The summed E-state index contributed by atoms with van der Waals surface area (Å²) in [5.41, 5.74) is 0.970. The number of halogens is 2. The minimum Gasteiger partial charge on any atom is -0.380 e. The standard InChI is InChI=1S/C14H22FN3O.HI/c1-3-19-10-9-18-14(16-2)17-8-7-12-5-4-6-13(15)11-12;/h4-6,11H,3,7-10H2,1-2H3,(H2,16,17,18);1H. The third-order valence-electron chi connectivity index (χ3n) is 2.56. The summed E-state index contributed by atoms with van der Waals surface area (Å²) in [6, 6.07) is 6.63. The monoisotopic (exact) mass is 395 g/mol. The van der Waals surface area contributed by atoms with Gasteiger partial charge in [0.05, 0.1) is 6.61 Å². The summed E-state index contributed by atoms with van der Waals surface area (Å²) in [5.74, 6) is 0.535. The molecule has 114 valence electrons. The molecule has 1 aromatic carbocycles. The summed E-state index contributed by atoms with van der Waals surface area (Å²) in [6.07, 6.45) is 0.754. The normalized spacial score (nSPS) is 10.8. The summed E-state index contributed by atoms with van der Waals surface area (Å²) in [7, 11) is 1.72. The number of nitrogens with zero attached hydrogens (tertiary/aromatic N) is 1. The molecular weight excluding hydrogens is 372 g/mol. The molecule has 1 rings (SSSR count). The molecule has 2 N–H and O–H groups in total. The third kappa shape index (κ3) is 8.31. The van der Waals surface area contributed by atoms with Crippen LogP contribution in [0.25, 0.3) is 0 Å². The van der Waals surface area contributed by atoms with E-state index in [0.29, 0.717) is 26.3 Å². The second kappa shape index (κ2) is 11.9. The first-order valence-electron chi connectivity index (χ1n) is 6.53. The van der Waals surface area contributed by atoms with Crippen LogP contribution in [0, 0.1) is 5.82 Å². The molecule has 6 heteroatoms. The van der Waals surface area contributed by atoms with E-state index in [2.05, 4.69) is 15.6 Å². The summed E-state index contributed by atoms with van der Waals surface area (Å²) in [4.78, 5) is 4.10. The van der Waals surface area contributed by atoms with Gasteiger partial charge in [-0.05, 0) is 31.0 Å². The molecule has 0 aliphatic carbocycles. The Bertz CT molecular complexity index is 402. The number of hydrogen-bond donors (Lipinski definition) is 2. The Morgan fingerprint density at radius 2 is 2.05 bits per heavy atom. The number of guanidine groups is 1. The van der Waals surface area contributed by atoms with Gasteiger partial charge in [0, 0.05) is 26.7 Å². The van der Waals surface area contributed by atoms with Crippen LogP contribution >= 0.6 is 24.0 Å². The van der Waals surface area contributed by atoms with Crippen LogP contribution in [0.4, 0.5) is 4.39 Å². The summed E-state index contributed by atoms with van der Waals surface area (Å²) < 4.78 is 18.2. The average molecular weight is 395 g/mol. The van der Waals surface area contributed by atoms with Gasteiger partial charge in [-0.15, -0.1) is 24.0 Å². The molecule has 0 bridgehead atoms. The van der Waals surface area contributed by atoms with Crippen molar-refractivity contribution in [1.29, 1.82) is 0 Å². The van der Waals surface area contributed by atoms with E-state index in [1.54, 1.807) is 19.2 Å². The fraction of sp³-hybridized carbons (Fsp3) is 0.500. The molecule has 0 aliphatic heterocycles. The van der Waals surface area contributed by atoms with Crippen LogP contribution in [0.3, 0.4) is 0 Å². The van der Waals surface area contributed by atoms with Gasteiger partial charge < -0.3 is 15.4 Å². The van der Waals surface area contributed by atoms with E-state index in [4.69, 9.17) is 4.74 Å². The van der Waals surface area contributed by atoms with Crippen molar-refractivity contribution in [2.45, 2.75) is 13.3 Å². The first kappa shape index (κ1) is 19.1. The summed E-state index contributed by atoms with van der Waals surface area (Å²) in [5, 5.41) is 6.32. The second-order valence-corrected chi connectivity index (χ2v) is 4.00. The van der Waals surface area contributed by atoms with Crippen LogP contribution in [-0.4, -0.2) is 39.3 Å². The van der Waals surface area contributed by atoms with Gasteiger partial charge in [0.2, 0.25) is 0 Å². The number of ether oxygens (including phenoxy) is 1. The fourth-order valence-corrected chi connectivity index (χ4v) is 1.62. The van der Waals surface area contributed by atoms with Crippen molar-refractivity contribution >= 4 is 29.9 Å². The third-order valence-corrected chi connectivity index (χ3v) is 2.56. The lowest BCUT2D eigenvalue weighted by molar-refractivity contribution is 0.152. The molecule has 0 unspecified atom stereocenters. The zero-order valence-corrected chi connectivity index (χ0v) is 14.3. The second-order valence-electron chi connectivity index (χ2n) is 4.00. The van der Waals surface area contributed by atoms with Gasteiger partial charge in [-0.2, -0.15) is 0 Å². The Kier molecular flexibility index (Phi) is 11.4. The molecule has 0 spiro atoms. The molecule has 0 aromatic heterocycles. The highest BCUT2D eigenvalue weighted by Gasteiger charge is 1.98. The first-order valence-corrected chi connectivity index (χ1v) is 6.53. The first-order chi connectivity index (χ1) is 9.26. The van der Waals surface area contributed by atoms with Gasteiger partial charge in [-0.25, -0.2) is 4.39 Å². The SMILES string of the molecule is CCOCCNC(=NC)NCCc1cccc(F)c1.I. The van der Waals surface area contributed by atoms with Crippen LogP contribution in [0.2, 0.25) is 0 Å². The summed E-state index contributed by atoms with van der Waals surface area (Å²) >= 11 is 0. The molecule has 0 aliphatic rings. The van der Waals surface area contributed by atoms with Crippen molar-refractivity contribution < 1.29 is 9.13 Å². The molecule has 0 heterocycles. The molecule has 20 heavy (non-hydrogen) atoms. The quantitative estimate of drug-likeness (QED) is 0.322. The van der Waals surface area contributed by atoms with E-state index in [1.165, 1.54) is 6.07 Å². The minimum atomic E-state index is -0.197. The molecular formula is C14H23FIN3O. The van der Waals surface area contributed by atoms with Crippen molar-refractivity contribution in [2.75, 3.05) is 33.4 Å². The van der Waals surface area contributed by atoms with E-state index in [9.17, 15) is 4.39 Å². The predicted molar refractivity (Wildman–Crippen MR) is 91.4 cm³/mol. The Hall–Kier alpha value is -0.890. The molecule has 0 atom stereocenters. The Balaban J connectivity index is 0.00000361. The van der Waals surface area contributed by atoms with Crippen molar-refractivity contribution in [1.82, 2.24) is 10.6 Å². The van der Waals surface area contributed by atoms with Crippen molar-refractivity contribution in [3.05, 3.63) is 35.6 Å². The average Bonchev–Trinajstić information content (AvgIpc) is 2.41. The van der Waals surface area contributed by atoms with Gasteiger partial charge >= 0.3 is 0 Å². The topological polar surface area (TPSA) is 45.6 Å². The van der Waals surface area contributed by atoms with Crippen molar-refractivity contribution in [2.24, 2.45) is 4.99 Å². The Morgan fingerprint density at radius 1 is 1.30 bits per heavy atom. The van der Waals surface area contributed by atoms with E-state index in [0.717, 1.165) is 17.9 Å². The number of nitrogens with one attached hydrogen (secondary N) is 2. The van der Waals surface area contributed by atoms with E-state index in [1.807, 2.05) is 13.0 Å². The molecule has 0 amide bonds. The van der Waals surface area contributed by atoms with Gasteiger partial charge in [0.25, 0.3) is 0 Å². The predicted octanol–water partition coefficient (Wildman–Crippen LogP) is 2.19. The van der Waals surface area contributed by atoms with Crippen molar-refractivity contribution in [3.8, 4) is 0 Å². The van der Waals surface area contributed by atoms with Crippen LogP contribution in [0.1, 0.15) is 12.5 Å². The Labute approximate surface area is 137 Å². The minimum absolute atomic E-state index is 0. The largest absolute Gasteiger partial charge is 0.380 e. The molecule has 0 fully saturated rings. The number of hydrogen-bond acceptors (Lipinski definition) is 2. The van der Waals surface area contributed by atoms with E-state index < -0.39 is 0 Å². The van der Waals surface area contributed by atoms with Crippen LogP contribution in [-0.2, 0) is 11.2 Å². The van der Waals surface area contributed by atoms with Gasteiger partial charge in [0.1, 0.15) is 5.82 Å². The highest BCUT2D eigenvalue weighted by atomic mass is 127. The molecule has 0 saturated carbocycles. The molecule has 0 radical (unpaired) electrons. The zero-order chi connectivity index (χ0) is 13.9. The van der Waals surface area contributed by atoms with Crippen LogP contribution in [0.5, 0.6) is 0 Å². The van der Waals surface area contributed by atoms with Crippen molar-refractivity contribution in [3.63, 3.8) is 0 Å². The maximum Gasteiger partial charge on any atom is 0.191 e. The lowest BCUT2D eigenvalue weighted by Crippen LogP contribution is -2.39.